The largest absolute Gasteiger partial charge is 0.416 e. The molecule has 2 N–H and O–H groups in total. The maximum Gasteiger partial charge on any atom is 0.416 e. The molecule has 0 aliphatic heterocycles. The molecule has 0 radical (unpaired) electrons. The zero-order valence-electron chi connectivity index (χ0n) is 13.2. The van der Waals surface area contributed by atoms with Crippen LogP contribution in [0.25, 0.3) is 0 Å². The highest BCUT2D eigenvalue weighted by atomic mass is 19.4. The van der Waals surface area contributed by atoms with E-state index in [0.717, 1.165) is 12.1 Å². The number of pyridine rings is 1. The second kappa shape index (κ2) is 7.18. The van der Waals surface area contributed by atoms with Gasteiger partial charge in [0.25, 0.3) is 5.91 Å². The summed E-state index contributed by atoms with van der Waals surface area (Å²) in [5, 5.41) is 12.9. The summed E-state index contributed by atoms with van der Waals surface area (Å²) in [6.45, 7) is 0. The number of hydrogen-bond donors (Lipinski definition) is 2. The van der Waals surface area contributed by atoms with Crippen molar-refractivity contribution in [3.63, 3.8) is 0 Å². The van der Waals surface area contributed by atoms with Gasteiger partial charge in [-0.1, -0.05) is 6.07 Å². The number of carbonyl (C=O) groups is 1. The van der Waals surface area contributed by atoms with E-state index in [2.05, 4.69) is 25.8 Å². The van der Waals surface area contributed by atoms with E-state index in [0.29, 0.717) is 5.56 Å². The van der Waals surface area contributed by atoms with Crippen LogP contribution in [-0.2, 0) is 6.18 Å². The number of anilines is 3. The Kier molecular flexibility index (Phi) is 4.78. The molecular formula is C17H12F3N5O. The molecule has 0 fully saturated rings. The van der Waals surface area contributed by atoms with E-state index in [9.17, 15) is 18.0 Å². The minimum Gasteiger partial charge on any atom is -0.339 e. The highest BCUT2D eigenvalue weighted by molar-refractivity contribution is 6.03. The van der Waals surface area contributed by atoms with Gasteiger partial charge in [0.15, 0.2) is 11.6 Å². The van der Waals surface area contributed by atoms with Crippen LogP contribution in [-0.4, -0.2) is 21.1 Å². The molecule has 0 saturated heterocycles. The van der Waals surface area contributed by atoms with Crippen LogP contribution >= 0.6 is 0 Å². The monoisotopic (exact) mass is 359 g/mol. The molecule has 0 bridgehead atoms. The van der Waals surface area contributed by atoms with Crippen LogP contribution in [0.1, 0.15) is 15.9 Å². The Morgan fingerprint density at radius 2 is 1.73 bits per heavy atom. The summed E-state index contributed by atoms with van der Waals surface area (Å²) in [6.07, 6.45) is -1.47. The SMILES string of the molecule is O=C(Nc1ccc(Nc2cccc(C(F)(F)F)c2)nn1)c1cccnc1. The number of aromatic nitrogens is 3. The van der Waals surface area contributed by atoms with E-state index in [-0.39, 0.29) is 17.3 Å². The Labute approximate surface area is 146 Å². The Hall–Kier alpha value is -3.49. The highest BCUT2D eigenvalue weighted by Gasteiger charge is 2.30. The third-order valence-electron chi connectivity index (χ3n) is 3.29. The molecule has 132 valence electrons. The molecule has 1 aromatic carbocycles. The minimum absolute atomic E-state index is 0.202. The van der Waals surface area contributed by atoms with E-state index in [1.165, 1.54) is 30.5 Å². The van der Waals surface area contributed by atoms with Crippen LogP contribution in [0.3, 0.4) is 0 Å². The van der Waals surface area contributed by atoms with Crippen molar-refractivity contribution in [2.45, 2.75) is 6.18 Å². The molecule has 0 unspecified atom stereocenters. The van der Waals surface area contributed by atoms with Crippen molar-refractivity contribution in [2.75, 3.05) is 10.6 Å². The Morgan fingerprint density at radius 3 is 2.38 bits per heavy atom. The van der Waals surface area contributed by atoms with E-state index in [1.54, 1.807) is 18.3 Å². The van der Waals surface area contributed by atoms with Gasteiger partial charge >= 0.3 is 6.18 Å². The van der Waals surface area contributed by atoms with Gasteiger partial charge in [0.2, 0.25) is 0 Å². The fraction of sp³-hybridized carbons (Fsp3) is 0.0588. The smallest absolute Gasteiger partial charge is 0.339 e. The first kappa shape index (κ1) is 17.3. The van der Waals surface area contributed by atoms with Gasteiger partial charge in [-0.15, -0.1) is 10.2 Å². The first-order valence-electron chi connectivity index (χ1n) is 7.41. The molecule has 6 nitrogen and oxygen atoms in total. The number of carbonyl (C=O) groups excluding carboxylic acids is 1. The van der Waals surface area contributed by atoms with Crippen LogP contribution < -0.4 is 10.6 Å². The number of alkyl halides is 3. The third kappa shape index (κ3) is 4.32. The van der Waals surface area contributed by atoms with E-state index in [1.807, 2.05) is 0 Å². The second-order valence-corrected chi connectivity index (χ2v) is 5.20. The van der Waals surface area contributed by atoms with Gasteiger partial charge in [0.05, 0.1) is 11.1 Å². The van der Waals surface area contributed by atoms with Crippen molar-refractivity contribution in [3.8, 4) is 0 Å². The van der Waals surface area contributed by atoms with Crippen LogP contribution in [0.15, 0.2) is 60.9 Å². The third-order valence-corrected chi connectivity index (χ3v) is 3.29. The molecule has 3 aromatic rings. The molecule has 26 heavy (non-hydrogen) atoms. The Bertz CT molecular complexity index is 898. The van der Waals surface area contributed by atoms with Gasteiger partial charge in [0, 0.05) is 18.1 Å². The summed E-state index contributed by atoms with van der Waals surface area (Å²) in [5.41, 5.74) is -0.183. The lowest BCUT2D eigenvalue weighted by atomic mass is 10.2. The number of benzene rings is 1. The maximum atomic E-state index is 12.7. The maximum absolute atomic E-state index is 12.7. The molecule has 9 heteroatoms. The summed E-state index contributed by atoms with van der Waals surface area (Å²) in [7, 11) is 0. The molecule has 3 rings (SSSR count). The van der Waals surface area contributed by atoms with Crippen LogP contribution in [0.2, 0.25) is 0 Å². The van der Waals surface area contributed by atoms with Crippen molar-refractivity contribution in [1.82, 2.24) is 15.2 Å². The van der Waals surface area contributed by atoms with E-state index in [4.69, 9.17) is 0 Å². The number of nitrogens with zero attached hydrogens (tertiary/aromatic N) is 3. The lowest BCUT2D eigenvalue weighted by Crippen LogP contribution is -2.13. The Balaban J connectivity index is 1.68. The van der Waals surface area contributed by atoms with Gasteiger partial charge in [-0.3, -0.25) is 9.78 Å². The van der Waals surface area contributed by atoms with Gasteiger partial charge in [-0.05, 0) is 42.5 Å². The summed E-state index contributed by atoms with van der Waals surface area (Å²) in [4.78, 5) is 15.8. The molecule has 1 amide bonds. The molecule has 0 atom stereocenters. The normalized spacial score (nSPS) is 11.0. The zero-order valence-corrected chi connectivity index (χ0v) is 13.2. The fourth-order valence-corrected chi connectivity index (χ4v) is 2.07. The summed E-state index contributed by atoms with van der Waals surface area (Å²) in [6, 6.07) is 10.9. The number of amides is 1. The van der Waals surface area contributed by atoms with Crippen LogP contribution in [0.4, 0.5) is 30.5 Å². The molecule has 0 spiro atoms. The van der Waals surface area contributed by atoms with Gasteiger partial charge in [0.1, 0.15) is 0 Å². The van der Waals surface area contributed by atoms with Crippen molar-refractivity contribution in [2.24, 2.45) is 0 Å². The lowest BCUT2D eigenvalue weighted by molar-refractivity contribution is -0.137. The molecule has 2 heterocycles. The quantitative estimate of drug-likeness (QED) is 0.739. The molecule has 0 aliphatic rings. The highest BCUT2D eigenvalue weighted by Crippen LogP contribution is 2.31. The number of halogens is 3. The van der Waals surface area contributed by atoms with E-state index < -0.39 is 17.6 Å². The summed E-state index contributed by atoms with van der Waals surface area (Å²) in [5.74, 6) is 0.0446. The Morgan fingerprint density at radius 1 is 0.962 bits per heavy atom. The van der Waals surface area contributed by atoms with Crippen LogP contribution in [0, 0.1) is 0 Å². The van der Waals surface area contributed by atoms with Crippen molar-refractivity contribution in [3.05, 3.63) is 72.1 Å². The lowest BCUT2D eigenvalue weighted by Gasteiger charge is -2.10. The number of hydrogen-bond acceptors (Lipinski definition) is 5. The zero-order chi connectivity index (χ0) is 18.6. The average Bonchev–Trinajstić information content (AvgIpc) is 2.63. The van der Waals surface area contributed by atoms with Gasteiger partial charge in [-0.25, -0.2) is 0 Å². The molecule has 2 aromatic heterocycles. The van der Waals surface area contributed by atoms with E-state index >= 15 is 0 Å². The van der Waals surface area contributed by atoms with Crippen molar-refractivity contribution < 1.29 is 18.0 Å². The second-order valence-electron chi connectivity index (χ2n) is 5.20. The topological polar surface area (TPSA) is 79.8 Å². The fourth-order valence-electron chi connectivity index (χ4n) is 2.07. The number of rotatable bonds is 4. The minimum atomic E-state index is -4.43. The predicted molar refractivity (Wildman–Crippen MR) is 88.9 cm³/mol. The molecular weight excluding hydrogens is 347 g/mol. The first-order chi connectivity index (χ1) is 12.4. The standard InChI is InChI=1S/C17H12F3N5O/c18-17(19,20)12-4-1-5-13(9-12)22-14-6-7-15(25-24-14)23-16(26)11-3-2-8-21-10-11/h1-10H,(H,22,24)(H,23,25,26). The van der Waals surface area contributed by atoms with Crippen LogP contribution in [0.5, 0.6) is 0 Å². The average molecular weight is 359 g/mol. The predicted octanol–water partition coefficient (Wildman–Crippen LogP) is 3.89. The van der Waals surface area contributed by atoms with Gasteiger partial charge in [-0.2, -0.15) is 13.2 Å². The summed E-state index contributed by atoms with van der Waals surface area (Å²) >= 11 is 0. The number of nitrogens with one attached hydrogen (secondary N) is 2. The van der Waals surface area contributed by atoms with Crippen molar-refractivity contribution in [1.29, 1.82) is 0 Å². The molecule has 0 saturated carbocycles. The molecule has 0 aliphatic carbocycles. The first-order valence-corrected chi connectivity index (χ1v) is 7.41. The van der Waals surface area contributed by atoms with Crippen molar-refractivity contribution >= 4 is 23.2 Å². The van der Waals surface area contributed by atoms with Gasteiger partial charge < -0.3 is 10.6 Å². The summed E-state index contributed by atoms with van der Waals surface area (Å²) < 4.78 is 38.2.